The Morgan fingerprint density at radius 2 is 2.22 bits per heavy atom. The monoisotopic (exact) mass is 147 g/mol. The Kier molecular flexibility index (Phi) is 3.39. The van der Waals surface area contributed by atoms with E-state index in [1.807, 2.05) is 6.92 Å². The molecule has 1 heterocycles. The smallest absolute Gasteiger partial charge is 0.117 e. The van der Waals surface area contributed by atoms with Crippen LogP contribution in [-0.4, -0.2) is 29.8 Å². The van der Waals surface area contributed by atoms with Crippen LogP contribution in [0.2, 0.25) is 0 Å². The van der Waals surface area contributed by atoms with Crippen LogP contribution in [0.3, 0.4) is 0 Å². The molecule has 56 valence electrons. The lowest BCUT2D eigenvalue weighted by Gasteiger charge is -2.39. The van der Waals surface area contributed by atoms with E-state index in [1.165, 1.54) is 0 Å². The molecule has 1 aliphatic rings. The molecule has 1 rings (SSSR count). The highest BCUT2D eigenvalue weighted by atomic mass is 28.1. The summed E-state index contributed by atoms with van der Waals surface area (Å²) in [5.41, 5.74) is 0.0226. The van der Waals surface area contributed by atoms with Gasteiger partial charge in [0.2, 0.25) is 0 Å². The van der Waals surface area contributed by atoms with Crippen LogP contribution in [0.15, 0.2) is 0 Å². The summed E-state index contributed by atoms with van der Waals surface area (Å²) in [4.78, 5) is 0. The van der Waals surface area contributed by atoms with Crippen molar-refractivity contribution in [1.29, 1.82) is 0 Å². The molecule has 0 spiro atoms. The Morgan fingerprint density at radius 1 is 1.67 bits per heavy atom. The van der Waals surface area contributed by atoms with E-state index in [2.05, 4.69) is 12.2 Å². The van der Waals surface area contributed by atoms with Crippen molar-refractivity contribution in [2.75, 3.05) is 13.2 Å². The van der Waals surface area contributed by atoms with Gasteiger partial charge in [-0.1, -0.05) is 0 Å². The van der Waals surface area contributed by atoms with Crippen molar-refractivity contribution >= 4 is 11.0 Å². The fourth-order valence-electron chi connectivity index (χ4n) is 0.919. The van der Waals surface area contributed by atoms with Crippen LogP contribution in [0.4, 0.5) is 0 Å². The minimum atomic E-state index is 0. The molecule has 2 nitrogen and oxygen atoms in total. The van der Waals surface area contributed by atoms with Gasteiger partial charge in [0, 0.05) is 19.6 Å². The first kappa shape index (κ1) is 9.14. The molecule has 0 radical (unpaired) electrons. The van der Waals surface area contributed by atoms with Gasteiger partial charge in [-0.3, -0.25) is 5.32 Å². The molecule has 3 heteroatoms. The topological polar surface area (TPSA) is 21.3 Å². The van der Waals surface area contributed by atoms with Crippen molar-refractivity contribution in [2.24, 2.45) is 0 Å². The van der Waals surface area contributed by atoms with Crippen LogP contribution >= 0.6 is 0 Å². The van der Waals surface area contributed by atoms with Gasteiger partial charge in [0.05, 0.1) is 0 Å². The van der Waals surface area contributed by atoms with Crippen molar-refractivity contribution < 1.29 is 4.74 Å². The molecule has 1 N–H and O–H groups in total. The summed E-state index contributed by atoms with van der Waals surface area (Å²) in [5.74, 6) is 0. The summed E-state index contributed by atoms with van der Waals surface area (Å²) < 4.78 is 5.35. The average Bonchev–Trinajstić information content (AvgIpc) is 1.64. The maximum Gasteiger partial charge on any atom is 0.117 e. The summed E-state index contributed by atoms with van der Waals surface area (Å²) in [5, 5.41) is 3.20. The van der Waals surface area contributed by atoms with E-state index in [-0.39, 0.29) is 16.7 Å². The van der Waals surface area contributed by atoms with Gasteiger partial charge in [0.1, 0.15) is 5.72 Å². The quantitative estimate of drug-likeness (QED) is 0.521. The van der Waals surface area contributed by atoms with Gasteiger partial charge < -0.3 is 4.74 Å². The van der Waals surface area contributed by atoms with Crippen LogP contribution in [0.25, 0.3) is 0 Å². The maximum atomic E-state index is 5.35. The molecule has 9 heavy (non-hydrogen) atoms. The van der Waals surface area contributed by atoms with Crippen LogP contribution in [0, 0.1) is 0 Å². The third-order valence-electron chi connectivity index (χ3n) is 1.56. The van der Waals surface area contributed by atoms with Crippen molar-refractivity contribution in [3.05, 3.63) is 0 Å². The standard InChI is InChI=1S/C6H13NO.H4Si/c1-3-8-6(2)4-5-7-6;/h7H,3-5H2,1-2H3;1H4. The fourth-order valence-corrected chi connectivity index (χ4v) is 0.919. The zero-order valence-electron chi connectivity index (χ0n) is 5.53. The van der Waals surface area contributed by atoms with Gasteiger partial charge >= 0.3 is 0 Å². The van der Waals surface area contributed by atoms with Crippen molar-refractivity contribution in [3.8, 4) is 0 Å². The first-order chi connectivity index (χ1) is 3.77. The number of nitrogens with one attached hydrogen (secondary N) is 1. The van der Waals surface area contributed by atoms with Gasteiger partial charge in [0.15, 0.2) is 0 Å². The summed E-state index contributed by atoms with van der Waals surface area (Å²) in [6.45, 7) is 6.02. The predicted molar refractivity (Wildman–Crippen MR) is 44.0 cm³/mol. The van der Waals surface area contributed by atoms with E-state index < -0.39 is 0 Å². The molecule has 0 saturated carbocycles. The van der Waals surface area contributed by atoms with E-state index >= 15 is 0 Å². The van der Waals surface area contributed by atoms with Crippen molar-refractivity contribution in [3.63, 3.8) is 0 Å². The fraction of sp³-hybridized carbons (Fsp3) is 1.00. The molecule has 0 aromatic heterocycles. The van der Waals surface area contributed by atoms with E-state index in [1.54, 1.807) is 0 Å². The van der Waals surface area contributed by atoms with Crippen LogP contribution in [0.1, 0.15) is 20.3 Å². The molecular formula is C6H17NOSi. The Hall–Kier alpha value is 0.137. The van der Waals surface area contributed by atoms with Crippen LogP contribution in [0.5, 0.6) is 0 Å². The molecule has 0 bridgehead atoms. The highest BCUT2D eigenvalue weighted by Crippen LogP contribution is 2.18. The number of ether oxygens (including phenoxy) is 1. The van der Waals surface area contributed by atoms with E-state index in [4.69, 9.17) is 4.74 Å². The minimum absolute atomic E-state index is 0. The Labute approximate surface area is 61.0 Å². The SMILES string of the molecule is CCOC1(C)CCN1.[SiH4]. The van der Waals surface area contributed by atoms with E-state index in [0.717, 1.165) is 19.6 Å². The highest BCUT2D eigenvalue weighted by molar-refractivity contribution is 5.75. The first-order valence-corrected chi connectivity index (χ1v) is 3.16. The summed E-state index contributed by atoms with van der Waals surface area (Å²) in [6, 6.07) is 0. The van der Waals surface area contributed by atoms with E-state index in [9.17, 15) is 0 Å². The van der Waals surface area contributed by atoms with Gasteiger partial charge in [-0.15, -0.1) is 0 Å². The summed E-state index contributed by atoms with van der Waals surface area (Å²) in [6.07, 6.45) is 1.15. The van der Waals surface area contributed by atoms with Gasteiger partial charge in [-0.05, 0) is 24.8 Å². The summed E-state index contributed by atoms with van der Waals surface area (Å²) in [7, 11) is 0. The average molecular weight is 147 g/mol. The predicted octanol–water partition coefficient (Wildman–Crippen LogP) is -0.719. The largest absolute Gasteiger partial charge is 0.361 e. The van der Waals surface area contributed by atoms with Gasteiger partial charge in [0.25, 0.3) is 0 Å². The molecule has 1 aliphatic heterocycles. The third kappa shape index (κ3) is 2.08. The number of rotatable bonds is 2. The molecule has 1 fully saturated rings. The Bertz CT molecular complexity index is 83.1. The second kappa shape index (κ2) is 3.34. The zero-order valence-corrected chi connectivity index (χ0v) is 5.53. The van der Waals surface area contributed by atoms with Crippen molar-refractivity contribution in [2.45, 2.75) is 26.0 Å². The molecule has 0 aromatic carbocycles. The Morgan fingerprint density at radius 3 is 2.33 bits per heavy atom. The lowest BCUT2D eigenvalue weighted by Crippen LogP contribution is -2.56. The molecular weight excluding hydrogens is 130 g/mol. The molecule has 0 aromatic rings. The Balaban J connectivity index is 0.000000640. The van der Waals surface area contributed by atoms with Crippen LogP contribution < -0.4 is 5.32 Å². The maximum absolute atomic E-state index is 5.35. The molecule has 0 amide bonds. The third-order valence-corrected chi connectivity index (χ3v) is 1.56. The number of hydrogen-bond acceptors (Lipinski definition) is 2. The molecule has 1 atom stereocenters. The van der Waals surface area contributed by atoms with Gasteiger partial charge in [-0.2, -0.15) is 0 Å². The second-order valence-electron chi connectivity index (χ2n) is 2.34. The van der Waals surface area contributed by atoms with E-state index in [0.29, 0.717) is 0 Å². The lowest BCUT2D eigenvalue weighted by molar-refractivity contribution is -0.0972. The van der Waals surface area contributed by atoms with Crippen molar-refractivity contribution in [1.82, 2.24) is 5.32 Å². The second-order valence-corrected chi connectivity index (χ2v) is 2.34. The number of hydrogen-bond donors (Lipinski definition) is 1. The van der Waals surface area contributed by atoms with Gasteiger partial charge in [-0.25, -0.2) is 0 Å². The highest BCUT2D eigenvalue weighted by Gasteiger charge is 2.30. The molecule has 0 aliphatic carbocycles. The minimum Gasteiger partial charge on any atom is -0.361 e. The lowest BCUT2D eigenvalue weighted by atomic mass is 10.1. The zero-order chi connectivity index (χ0) is 6.04. The first-order valence-electron chi connectivity index (χ1n) is 3.16. The normalized spacial score (nSPS) is 32.7. The van der Waals surface area contributed by atoms with Crippen LogP contribution in [-0.2, 0) is 4.74 Å². The molecule has 1 unspecified atom stereocenters. The molecule has 1 saturated heterocycles. The summed E-state index contributed by atoms with van der Waals surface area (Å²) >= 11 is 0.